The van der Waals surface area contributed by atoms with Gasteiger partial charge in [0.05, 0.1) is 12.7 Å². The van der Waals surface area contributed by atoms with Crippen molar-refractivity contribution >= 4 is 0 Å². The molecule has 0 rings (SSSR count). The van der Waals surface area contributed by atoms with Gasteiger partial charge in [-0.2, -0.15) is 13.2 Å². The molecule has 0 saturated heterocycles. The second-order valence-electron chi connectivity index (χ2n) is 3.99. The molecule has 1 atom stereocenters. The van der Waals surface area contributed by atoms with Gasteiger partial charge in [0.1, 0.15) is 6.61 Å². The van der Waals surface area contributed by atoms with Crippen molar-refractivity contribution in [2.75, 3.05) is 19.8 Å². The zero-order valence-corrected chi connectivity index (χ0v) is 9.19. The molecule has 2 N–H and O–H groups in total. The molecule has 0 heterocycles. The van der Waals surface area contributed by atoms with Crippen LogP contribution in [0.5, 0.6) is 0 Å². The third-order valence-corrected chi connectivity index (χ3v) is 2.14. The Hall–Kier alpha value is -0.330. The highest BCUT2D eigenvalue weighted by atomic mass is 19.4. The summed E-state index contributed by atoms with van der Waals surface area (Å²) < 4.78 is 39.4. The number of alkyl halides is 3. The van der Waals surface area contributed by atoms with Crippen molar-refractivity contribution in [1.82, 2.24) is 5.32 Å². The van der Waals surface area contributed by atoms with E-state index in [0.717, 1.165) is 0 Å². The third-order valence-electron chi connectivity index (χ3n) is 2.14. The Balaban J connectivity index is 3.55. The highest BCUT2D eigenvalue weighted by Crippen LogP contribution is 2.14. The number of aliphatic hydroxyl groups excluding tert-OH is 1. The normalized spacial score (nSPS) is 15.4. The molecule has 0 aromatic rings. The van der Waals surface area contributed by atoms with Crippen molar-refractivity contribution in [2.45, 2.75) is 38.6 Å². The van der Waals surface area contributed by atoms with E-state index in [0.29, 0.717) is 0 Å². The average molecular weight is 229 g/mol. The van der Waals surface area contributed by atoms with E-state index in [9.17, 15) is 18.3 Å². The minimum absolute atomic E-state index is 0.0321. The highest BCUT2D eigenvalue weighted by Gasteiger charge is 2.27. The van der Waals surface area contributed by atoms with Gasteiger partial charge in [0.25, 0.3) is 0 Å². The van der Waals surface area contributed by atoms with Crippen LogP contribution in [0.3, 0.4) is 0 Å². The lowest BCUT2D eigenvalue weighted by Crippen LogP contribution is -2.49. The minimum Gasteiger partial charge on any atom is -0.392 e. The standard InChI is InChI=1S/C9H18F3NO2/c1-7(14)8(2,3)13-4-5-15-6-9(10,11)12/h7,13-14H,4-6H2,1-3H3. The van der Waals surface area contributed by atoms with Crippen molar-refractivity contribution in [3.63, 3.8) is 0 Å². The molecule has 0 radical (unpaired) electrons. The van der Waals surface area contributed by atoms with Crippen LogP contribution in [0.1, 0.15) is 20.8 Å². The maximum Gasteiger partial charge on any atom is 0.411 e. The molecular weight excluding hydrogens is 211 g/mol. The largest absolute Gasteiger partial charge is 0.411 e. The van der Waals surface area contributed by atoms with Crippen LogP contribution >= 0.6 is 0 Å². The van der Waals surface area contributed by atoms with E-state index in [4.69, 9.17) is 0 Å². The zero-order valence-electron chi connectivity index (χ0n) is 9.19. The molecule has 0 aromatic heterocycles. The van der Waals surface area contributed by atoms with Crippen molar-refractivity contribution < 1.29 is 23.0 Å². The van der Waals surface area contributed by atoms with E-state index in [2.05, 4.69) is 10.1 Å². The first-order valence-corrected chi connectivity index (χ1v) is 4.73. The Morgan fingerprint density at radius 1 is 1.33 bits per heavy atom. The number of hydrogen-bond acceptors (Lipinski definition) is 3. The summed E-state index contributed by atoms with van der Waals surface area (Å²) in [5.74, 6) is 0. The number of rotatable bonds is 6. The predicted molar refractivity (Wildman–Crippen MR) is 50.6 cm³/mol. The summed E-state index contributed by atoms with van der Waals surface area (Å²) in [6.45, 7) is 4.15. The van der Waals surface area contributed by atoms with Crippen LogP contribution in [0.2, 0.25) is 0 Å². The Labute approximate surface area is 87.6 Å². The maximum absolute atomic E-state index is 11.7. The lowest BCUT2D eigenvalue weighted by atomic mass is 9.99. The van der Waals surface area contributed by atoms with Gasteiger partial charge in [0.2, 0.25) is 0 Å². The maximum atomic E-state index is 11.7. The van der Waals surface area contributed by atoms with Crippen molar-refractivity contribution in [2.24, 2.45) is 0 Å². The first kappa shape index (κ1) is 14.7. The molecule has 0 saturated carbocycles. The van der Waals surface area contributed by atoms with Crippen LogP contribution in [-0.4, -0.2) is 42.7 Å². The zero-order chi connectivity index (χ0) is 12.1. The molecular formula is C9H18F3NO2. The van der Waals surface area contributed by atoms with Crippen LogP contribution in [0.4, 0.5) is 13.2 Å². The van der Waals surface area contributed by atoms with Crippen LogP contribution in [0, 0.1) is 0 Å². The third kappa shape index (κ3) is 7.58. The summed E-state index contributed by atoms with van der Waals surface area (Å²) in [5, 5.41) is 12.2. The van der Waals surface area contributed by atoms with Crippen molar-refractivity contribution in [3.05, 3.63) is 0 Å². The van der Waals surface area contributed by atoms with Gasteiger partial charge in [0.15, 0.2) is 0 Å². The number of ether oxygens (including phenoxy) is 1. The van der Waals surface area contributed by atoms with E-state index in [1.54, 1.807) is 20.8 Å². The fourth-order valence-electron chi connectivity index (χ4n) is 0.781. The van der Waals surface area contributed by atoms with E-state index < -0.39 is 24.4 Å². The second kappa shape index (κ2) is 5.67. The first-order valence-electron chi connectivity index (χ1n) is 4.73. The fourth-order valence-corrected chi connectivity index (χ4v) is 0.781. The number of aliphatic hydroxyl groups is 1. The van der Waals surface area contributed by atoms with Gasteiger partial charge in [-0.25, -0.2) is 0 Å². The van der Waals surface area contributed by atoms with Gasteiger partial charge in [-0.3, -0.25) is 0 Å². The molecule has 6 heteroatoms. The Bertz CT molecular complexity index is 181. The van der Waals surface area contributed by atoms with Crippen LogP contribution in [-0.2, 0) is 4.74 Å². The summed E-state index contributed by atoms with van der Waals surface area (Å²) in [7, 11) is 0. The van der Waals surface area contributed by atoms with Gasteiger partial charge in [-0.1, -0.05) is 0 Å². The smallest absolute Gasteiger partial charge is 0.392 e. The average Bonchev–Trinajstić information content (AvgIpc) is 2.00. The molecule has 0 aliphatic rings. The molecule has 0 aromatic carbocycles. The molecule has 0 fully saturated rings. The summed E-state index contributed by atoms with van der Waals surface area (Å²) in [6.07, 6.45) is -4.86. The van der Waals surface area contributed by atoms with Gasteiger partial charge in [0, 0.05) is 12.1 Å². The molecule has 0 aliphatic heterocycles. The van der Waals surface area contributed by atoms with Crippen LogP contribution in [0.15, 0.2) is 0 Å². The molecule has 0 amide bonds. The van der Waals surface area contributed by atoms with Crippen LogP contribution in [0.25, 0.3) is 0 Å². The second-order valence-corrected chi connectivity index (χ2v) is 3.99. The van der Waals surface area contributed by atoms with Gasteiger partial charge in [-0.05, 0) is 20.8 Å². The van der Waals surface area contributed by atoms with Gasteiger partial charge >= 0.3 is 6.18 Å². The topological polar surface area (TPSA) is 41.5 Å². The molecule has 0 aliphatic carbocycles. The van der Waals surface area contributed by atoms with Crippen molar-refractivity contribution in [1.29, 1.82) is 0 Å². The lowest BCUT2D eigenvalue weighted by molar-refractivity contribution is -0.173. The highest BCUT2D eigenvalue weighted by molar-refractivity contribution is 4.82. The summed E-state index contributed by atoms with van der Waals surface area (Å²) in [4.78, 5) is 0. The van der Waals surface area contributed by atoms with E-state index >= 15 is 0 Å². The van der Waals surface area contributed by atoms with Crippen molar-refractivity contribution in [3.8, 4) is 0 Å². The summed E-state index contributed by atoms with van der Waals surface area (Å²) in [5.41, 5.74) is -0.526. The monoisotopic (exact) mass is 229 g/mol. The van der Waals surface area contributed by atoms with E-state index in [1.807, 2.05) is 0 Å². The van der Waals surface area contributed by atoms with Gasteiger partial charge < -0.3 is 15.2 Å². The SMILES string of the molecule is CC(O)C(C)(C)NCCOCC(F)(F)F. The number of nitrogens with one attached hydrogen (secondary N) is 1. The Kier molecular flexibility index (Phi) is 5.55. The number of hydrogen-bond donors (Lipinski definition) is 2. The molecule has 92 valence electrons. The predicted octanol–water partition coefficient (Wildman–Crippen LogP) is 1.31. The molecule has 0 bridgehead atoms. The minimum atomic E-state index is -4.28. The fraction of sp³-hybridized carbons (Fsp3) is 1.00. The quantitative estimate of drug-likeness (QED) is 0.675. The summed E-state index contributed by atoms with van der Waals surface area (Å²) in [6, 6.07) is 0. The van der Waals surface area contributed by atoms with E-state index in [1.165, 1.54) is 0 Å². The van der Waals surface area contributed by atoms with E-state index in [-0.39, 0.29) is 13.2 Å². The van der Waals surface area contributed by atoms with Gasteiger partial charge in [-0.15, -0.1) is 0 Å². The lowest BCUT2D eigenvalue weighted by Gasteiger charge is -2.29. The first-order chi connectivity index (χ1) is 6.65. The molecule has 15 heavy (non-hydrogen) atoms. The Morgan fingerprint density at radius 3 is 2.27 bits per heavy atom. The molecule has 3 nitrogen and oxygen atoms in total. The molecule has 1 unspecified atom stereocenters. The summed E-state index contributed by atoms with van der Waals surface area (Å²) >= 11 is 0. The Morgan fingerprint density at radius 2 is 1.87 bits per heavy atom. The van der Waals surface area contributed by atoms with Crippen LogP contribution < -0.4 is 5.32 Å². The number of halogens is 3. The molecule has 0 spiro atoms.